The predicted molar refractivity (Wildman–Crippen MR) is 136 cm³/mol. The first kappa shape index (κ1) is 27.3. The fourth-order valence-electron chi connectivity index (χ4n) is 6.92. The second-order valence-corrected chi connectivity index (χ2v) is 11.3. The SMILES string of the molecule is C=C1CC[C@H]2[C@](C)(CC/C=C(\C)CO)[C@@H](OC(C)=O)CC[C@]2(C)[C@@H]1Cc1c(O)c(C)c(C)oc1=O. The van der Waals surface area contributed by atoms with Gasteiger partial charge in [-0.15, -0.1) is 0 Å². The number of aliphatic hydroxyl groups excluding tert-OH is 1. The van der Waals surface area contributed by atoms with Crippen molar-refractivity contribution in [3.05, 3.63) is 51.1 Å². The standard InChI is InChI=1S/C29H42O6/c1-17(16-30)9-8-13-29(7)24-11-10-18(2)23(28(24,6)14-12-25(29)35-21(5)31)15-22-26(32)19(3)20(4)34-27(22)33/h9,23-25,30,32H,2,8,10-16H2,1,3-7H3/b17-9+/t23-,24-,25+,28-,29+/m1/s1. The van der Waals surface area contributed by atoms with Crippen LogP contribution in [-0.4, -0.2) is 28.9 Å². The largest absolute Gasteiger partial charge is 0.507 e. The van der Waals surface area contributed by atoms with Gasteiger partial charge >= 0.3 is 11.6 Å². The Balaban J connectivity index is 2.01. The third-order valence-electron chi connectivity index (χ3n) is 9.12. The Bertz CT molecular complexity index is 1070. The summed E-state index contributed by atoms with van der Waals surface area (Å²) in [5.41, 5.74) is 2.04. The van der Waals surface area contributed by atoms with E-state index in [2.05, 4.69) is 26.5 Å². The van der Waals surface area contributed by atoms with Crippen LogP contribution in [0.4, 0.5) is 0 Å². The van der Waals surface area contributed by atoms with Crippen molar-refractivity contribution in [3.8, 4) is 5.75 Å². The number of aliphatic hydroxyl groups is 1. The number of allylic oxidation sites excluding steroid dienone is 2. The fourth-order valence-corrected chi connectivity index (χ4v) is 6.92. The minimum Gasteiger partial charge on any atom is -0.507 e. The monoisotopic (exact) mass is 486 g/mol. The number of aromatic hydroxyl groups is 1. The molecule has 1 aromatic heterocycles. The molecule has 2 aliphatic rings. The van der Waals surface area contributed by atoms with E-state index in [0.717, 1.165) is 49.7 Å². The maximum atomic E-state index is 12.8. The number of rotatable bonds is 7. The molecule has 5 atom stereocenters. The van der Waals surface area contributed by atoms with E-state index in [1.807, 2.05) is 6.92 Å². The molecule has 0 amide bonds. The minimum atomic E-state index is -0.481. The number of aryl methyl sites for hydroxylation is 1. The van der Waals surface area contributed by atoms with Gasteiger partial charge in [0.2, 0.25) is 0 Å². The molecule has 6 heteroatoms. The Labute approximate surface area is 209 Å². The normalized spacial score (nSPS) is 31.2. The first-order chi connectivity index (χ1) is 16.3. The molecule has 2 fully saturated rings. The Morgan fingerprint density at radius 2 is 1.94 bits per heavy atom. The van der Waals surface area contributed by atoms with Crippen LogP contribution in [0.5, 0.6) is 5.75 Å². The summed E-state index contributed by atoms with van der Waals surface area (Å²) in [4.78, 5) is 24.8. The van der Waals surface area contributed by atoms with Crippen LogP contribution in [-0.2, 0) is 16.0 Å². The van der Waals surface area contributed by atoms with Crippen LogP contribution in [0.1, 0.15) is 83.1 Å². The van der Waals surface area contributed by atoms with Crippen LogP contribution in [0.25, 0.3) is 0 Å². The summed E-state index contributed by atoms with van der Waals surface area (Å²) in [6, 6.07) is 0. The molecule has 35 heavy (non-hydrogen) atoms. The maximum Gasteiger partial charge on any atom is 0.342 e. The highest BCUT2D eigenvalue weighted by Crippen LogP contribution is 2.63. The second kappa shape index (κ2) is 10.3. The third kappa shape index (κ3) is 5.13. The van der Waals surface area contributed by atoms with Crippen LogP contribution in [0, 0.1) is 36.5 Å². The number of hydrogen-bond acceptors (Lipinski definition) is 6. The van der Waals surface area contributed by atoms with Crippen molar-refractivity contribution in [2.45, 2.75) is 92.6 Å². The smallest absolute Gasteiger partial charge is 0.342 e. The van der Waals surface area contributed by atoms with Crippen LogP contribution in [0.3, 0.4) is 0 Å². The van der Waals surface area contributed by atoms with Gasteiger partial charge in [-0.3, -0.25) is 4.79 Å². The average Bonchev–Trinajstić information content (AvgIpc) is 2.78. The summed E-state index contributed by atoms with van der Waals surface area (Å²) in [6.07, 6.45) is 7.25. The lowest BCUT2D eigenvalue weighted by molar-refractivity contribution is -0.178. The molecule has 1 heterocycles. The zero-order valence-electron chi connectivity index (χ0n) is 22.2. The van der Waals surface area contributed by atoms with E-state index >= 15 is 0 Å². The number of hydrogen-bond donors (Lipinski definition) is 2. The summed E-state index contributed by atoms with van der Waals surface area (Å²) in [5, 5.41) is 20.2. The van der Waals surface area contributed by atoms with E-state index in [1.165, 1.54) is 6.92 Å². The van der Waals surface area contributed by atoms with Gasteiger partial charge in [0.05, 0.1) is 12.2 Å². The van der Waals surface area contributed by atoms with Gasteiger partial charge in [-0.05, 0) is 83.0 Å². The fraction of sp³-hybridized carbons (Fsp3) is 0.655. The van der Waals surface area contributed by atoms with Gasteiger partial charge in [-0.2, -0.15) is 0 Å². The quantitative estimate of drug-likeness (QED) is 0.388. The van der Waals surface area contributed by atoms with Crippen molar-refractivity contribution < 1.29 is 24.2 Å². The molecule has 6 nitrogen and oxygen atoms in total. The lowest BCUT2D eigenvalue weighted by atomic mass is 9.45. The number of esters is 1. The van der Waals surface area contributed by atoms with E-state index in [1.54, 1.807) is 13.8 Å². The first-order valence-electron chi connectivity index (χ1n) is 12.8. The minimum absolute atomic E-state index is 0.00415. The van der Waals surface area contributed by atoms with Gasteiger partial charge in [0.1, 0.15) is 17.6 Å². The summed E-state index contributed by atoms with van der Waals surface area (Å²) in [7, 11) is 0. The number of ether oxygens (including phenoxy) is 1. The van der Waals surface area contributed by atoms with E-state index in [4.69, 9.17) is 9.15 Å². The number of fused-ring (bicyclic) bond motifs is 1. The molecule has 0 aliphatic heterocycles. The lowest BCUT2D eigenvalue weighted by Gasteiger charge is -2.61. The molecule has 2 N–H and O–H groups in total. The topological polar surface area (TPSA) is 97.0 Å². The number of carbonyl (C=O) groups excluding carboxylic acids is 1. The summed E-state index contributed by atoms with van der Waals surface area (Å²) in [6.45, 7) is 15.8. The van der Waals surface area contributed by atoms with Crippen LogP contribution >= 0.6 is 0 Å². The Hall–Kier alpha value is -2.34. The van der Waals surface area contributed by atoms with Crippen LogP contribution < -0.4 is 5.63 Å². The Morgan fingerprint density at radius 3 is 2.57 bits per heavy atom. The number of carbonyl (C=O) groups is 1. The Kier molecular flexibility index (Phi) is 8.05. The van der Waals surface area contributed by atoms with Gasteiger partial charge in [-0.1, -0.05) is 37.6 Å². The molecule has 0 spiro atoms. The molecule has 2 saturated carbocycles. The highest BCUT2D eigenvalue weighted by molar-refractivity contribution is 5.66. The van der Waals surface area contributed by atoms with Crippen molar-refractivity contribution in [2.24, 2.45) is 22.7 Å². The highest BCUT2D eigenvalue weighted by atomic mass is 16.5. The van der Waals surface area contributed by atoms with Crippen LogP contribution in [0.15, 0.2) is 33.0 Å². The molecule has 0 aromatic carbocycles. The summed E-state index contributed by atoms with van der Waals surface area (Å²) >= 11 is 0. The van der Waals surface area contributed by atoms with Crippen molar-refractivity contribution >= 4 is 5.97 Å². The van der Waals surface area contributed by atoms with Crippen molar-refractivity contribution in [1.82, 2.24) is 0 Å². The molecule has 1 aromatic rings. The second-order valence-electron chi connectivity index (χ2n) is 11.3. The van der Waals surface area contributed by atoms with Crippen molar-refractivity contribution in [1.29, 1.82) is 0 Å². The molecule has 3 rings (SSSR count). The van der Waals surface area contributed by atoms with Gasteiger partial charge in [0, 0.05) is 17.9 Å². The van der Waals surface area contributed by atoms with Gasteiger partial charge in [-0.25, -0.2) is 4.79 Å². The molecule has 0 saturated heterocycles. The van der Waals surface area contributed by atoms with E-state index in [0.29, 0.717) is 23.3 Å². The maximum absolute atomic E-state index is 12.8. The molecule has 0 bridgehead atoms. The highest BCUT2D eigenvalue weighted by Gasteiger charge is 2.58. The Morgan fingerprint density at radius 1 is 1.26 bits per heavy atom. The third-order valence-corrected chi connectivity index (χ3v) is 9.12. The van der Waals surface area contributed by atoms with Gasteiger partial charge < -0.3 is 19.4 Å². The molecule has 0 unspecified atom stereocenters. The first-order valence-corrected chi connectivity index (χ1v) is 12.8. The van der Waals surface area contributed by atoms with Crippen molar-refractivity contribution in [2.75, 3.05) is 6.61 Å². The lowest BCUT2D eigenvalue weighted by Crippen LogP contribution is -2.57. The predicted octanol–water partition coefficient (Wildman–Crippen LogP) is 5.54. The molecule has 194 valence electrons. The molecule has 2 aliphatic carbocycles. The van der Waals surface area contributed by atoms with Gasteiger partial charge in [0.25, 0.3) is 0 Å². The summed E-state index contributed by atoms with van der Waals surface area (Å²) in [5.74, 6) is 0.444. The zero-order chi connectivity index (χ0) is 26.1. The van der Waals surface area contributed by atoms with Gasteiger partial charge in [0.15, 0.2) is 0 Å². The van der Waals surface area contributed by atoms with Crippen molar-refractivity contribution in [3.63, 3.8) is 0 Å². The average molecular weight is 487 g/mol. The zero-order valence-corrected chi connectivity index (χ0v) is 22.2. The van der Waals surface area contributed by atoms with E-state index < -0.39 is 5.63 Å². The summed E-state index contributed by atoms with van der Waals surface area (Å²) < 4.78 is 11.3. The van der Waals surface area contributed by atoms with Crippen LogP contribution in [0.2, 0.25) is 0 Å². The molecular weight excluding hydrogens is 444 g/mol. The van der Waals surface area contributed by atoms with E-state index in [-0.39, 0.29) is 47.1 Å². The van der Waals surface area contributed by atoms with E-state index in [9.17, 15) is 19.8 Å². The molecular formula is C29H42O6. The molecule has 0 radical (unpaired) electrons.